The largest absolute Gasteiger partial charge is 0.456 e. The number of benzene rings is 8. The molecule has 0 saturated heterocycles. The van der Waals surface area contributed by atoms with Gasteiger partial charge in [0.25, 0.3) is 0 Å². The van der Waals surface area contributed by atoms with Crippen molar-refractivity contribution in [2.24, 2.45) is 0 Å². The maximum Gasteiger partial charge on any atom is 0.160 e. The Kier molecular flexibility index (Phi) is 5.71. The summed E-state index contributed by atoms with van der Waals surface area (Å²) in [7, 11) is 0. The van der Waals surface area contributed by atoms with E-state index in [2.05, 4.69) is 143 Å². The van der Waals surface area contributed by atoms with Crippen molar-refractivity contribution in [2.45, 2.75) is 0 Å². The van der Waals surface area contributed by atoms with Gasteiger partial charge in [0.15, 0.2) is 23.0 Å². The fraction of sp³-hybridized carbons (Fsp3) is 0. The zero-order valence-corrected chi connectivity index (χ0v) is 28.3. The summed E-state index contributed by atoms with van der Waals surface area (Å²) in [5.41, 5.74) is 12.4. The molecule has 0 atom stereocenters. The lowest BCUT2D eigenvalue weighted by molar-refractivity contribution is 0.445. The Bertz CT molecular complexity index is 3120. The van der Waals surface area contributed by atoms with Crippen LogP contribution < -0.4 is 14.4 Å². The Hall–Kier alpha value is -7.24. The number of aromatic nitrogens is 1. The molecule has 0 amide bonds. The molecule has 0 saturated carbocycles. The van der Waals surface area contributed by atoms with Crippen molar-refractivity contribution in [1.82, 2.24) is 4.57 Å². The molecule has 8 aromatic carbocycles. The Labute approximate surface area is 304 Å². The van der Waals surface area contributed by atoms with Gasteiger partial charge in [0.2, 0.25) is 0 Å². The van der Waals surface area contributed by atoms with Crippen LogP contribution in [0.25, 0.3) is 71.7 Å². The van der Waals surface area contributed by atoms with Gasteiger partial charge in [0.05, 0.1) is 11.0 Å². The summed E-state index contributed by atoms with van der Waals surface area (Å²) in [6.45, 7) is 0. The van der Waals surface area contributed by atoms with Gasteiger partial charge in [0.1, 0.15) is 16.9 Å². The van der Waals surface area contributed by atoms with E-state index in [0.29, 0.717) is 0 Å². The lowest BCUT2D eigenvalue weighted by Crippen LogP contribution is -2.10. The second-order valence-corrected chi connectivity index (χ2v) is 13.7. The van der Waals surface area contributed by atoms with Crippen LogP contribution in [0.3, 0.4) is 0 Å². The fourth-order valence-electron chi connectivity index (χ4n) is 8.39. The standard InChI is InChI=1S/C48H28N2O3/c1-2-9-29(10-3-1)31-11-6-12-33(27-31)49(34-23-24-37-36-13-4-5-15-40(36)51-44(37)28-34)32-21-19-30(20-22-32)35-25-26-39-38-14-7-16-41-45(38)50-46(39)48(35)53-43-18-8-17-42(52-41)47(43)50/h1-28H. The number of hydrogen-bond acceptors (Lipinski definition) is 4. The molecular formula is C48H28N2O3. The molecule has 0 N–H and O–H groups in total. The quantitative estimate of drug-likeness (QED) is 0.181. The van der Waals surface area contributed by atoms with Crippen LogP contribution in [0.15, 0.2) is 174 Å². The number of ether oxygens (including phenoxy) is 2. The van der Waals surface area contributed by atoms with E-state index in [1.165, 1.54) is 5.56 Å². The van der Waals surface area contributed by atoms with Crippen molar-refractivity contribution < 1.29 is 13.9 Å². The van der Waals surface area contributed by atoms with Gasteiger partial charge < -0.3 is 18.8 Å². The molecule has 0 bridgehead atoms. The number of para-hydroxylation sites is 3. The van der Waals surface area contributed by atoms with E-state index in [9.17, 15) is 0 Å². The molecule has 0 radical (unpaired) electrons. The molecule has 0 spiro atoms. The lowest BCUT2D eigenvalue weighted by atomic mass is 10.00. The molecule has 4 heterocycles. The summed E-state index contributed by atoms with van der Waals surface area (Å²) >= 11 is 0. The third-order valence-corrected chi connectivity index (χ3v) is 10.8. The van der Waals surface area contributed by atoms with E-state index < -0.39 is 0 Å². The minimum atomic E-state index is 0.790. The summed E-state index contributed by atoms with van der Waals surface area (Å²) in [5.74, 6) is 3.31. The van der Waals surface area contributed by atoms with Crippen LogP contribution in [0, 0.1) is 0 Å². The van der Waals surface area contributed by atoms with E-state index in [1.54, 1.807) is 0 Å². The first-order valence-electron chi connectivity index (χ1n) is 17.8. The molecule has 0 fully saturated rings. The van der Waals surface area contributed by atoms with Gasteiger partial charge in [-0.2, -0.15) is 0 Å². The van der Waals surface area contributed by atoms with Crippen molar-refractivity contribution >= 4 is 60.8 Å². The maximum absolute atomic E-state index is 6.79. The van der Waals surface area contributed by atoms with E-state index in [4.69, 9.17) is 13.9 Å². The highest BCUT2D eigenvalue weighted by Gasteiger charge is 2.33. The number of hydrogen-bond donors (Lipinski definition) is 0. The molecule has 0 unspecified atom stereocenters. The fourth-order valence-corrected chi connectivity index (χ4v) is 8.39. The topological polar surface area (TPSA) is 39.8 Å². The Morgan fingerprint density at radius 2 is 1.06 bits per heavy atom. The van der Waals surface area contributed by atoms with Crippen LogP contribution in [0.5, 0.6) is 23.0 Å². The Balaban J connectivity index is 1.02. The van der Waals surface area contributed by atoms with Crippen LogP contribution in [-0.4, -0.2) is 4.57 Å². The first-order chi connectivity index (χ1) is 26.3. The zero-order chi connectivity index (χ0) is 34.6. The summed E-state index contributed by atoms with van der Waals surface area (Å²) in [4.78, 5) is 2.30. The van der Waals surface area contributed by atoms with Crippen molar-refractivity contribution in [3.8, 4) is 50.9 Å². The number of rotatable bonds is 5. The van der Waals surface area contributed by atoms with Gasteiger partial charge in [-0.3, -0.25) is 4.57 Å². The molecule has 0 aliphatic carbocycles. The lowest BCUT2D eigenvalue weighted by Gasteiger charge is -2.28. The first kappa shape index (κ1) is 28.5. The molecule has 5 heteroatoms. The smallest absolute Gasteiger partial charge is 0.160 e. The van der Waals surface area contributed by atoms with Gasteiger partial charge in [-0.25, -0.2) is 0 Å². The predicted octanol–water partition coefficient (Wildman–Crippen LogP) is 13.7. The second kappa shape index (κ2) is 10.6. The van der Waals surface area contributed by atoms with Gasteiger partial charge in [-0.1, -0.05) is 97.1 Å². The average Bonchev–Trinajstić information content (AvgIpc) is 3.76. The minimum absolute atomic E-state index is 0.790. The Morgan fingerprint density at radius 3 is 1.96 bits per heavy atom. The average molecular weight is 681 g/mol. The molecule has 2 aliphatic heterocycles. The van der Waals surface area contributed by atoms with Crippen LogP contribution in [0.4, 0.5) is 17.1 Å². The summed E-state index contributed by atoms with van der Waals surface area (Å²) < 4.78 is 21.9. The number of anilines is 3. The monoisotopic (exact) mass is 680 g/mol. The van der Waals surface area contributed by atoms with Gasteiger partial charge in [-0.15, -0.1) is 0 Å². The molecule has 53 heavy (non-hydrogen) atoms. The van der Waals surface area contributed by atoms with E-state index in [1.807, 2.05) is 36.4 Å². The van der Waals surface area contributed by atoms with Crippen molar-refractivity contribution in [1.29, 1.82) is 0 Å². The summed E-state index contributed by atoms with van der Waals surface area (Å²) in [5, 5.41) is 4.52. The third-order valence-electron chi connectivity index (χ3n) is 10.8. The highest BCUT2D eigenvalue weighted by atomic mass is 16.5. The number of nitrogens with zero attached hydrogens (tertiary/aromatic N) is 2. The highest BCUT2D eigenvalue weighted by Crippen LogP contribution is 2.56. The van der Waals surface area contributed by atoms with E-state index in [-0.39, 0.29) is 0 Å². The van der Waals surface area contributed by atoms with Gasteiger partial charge >= 0.3 is 0 Å². The minimum Gasteiger partial charge on any atom is -0.456 e. The molecule has 12 rings (SSSR count). The van der Waals surface area contributed by atoms with Crippen molar-refractivity contribution in [3.63, 3.8) is 0 Å². The number of fused-ring (bicyclic) bond motifs is 4. The maximum atomic E-state index is 6.79. The van der Waals surface area contributed by atoms with Gasteiger partial charge in [0, 0.05) is 50.2 Å². The summed E-state index contributed by atoms with van der Waals surface area (Å²) in [6.07, 6.45) is 0. The molecule has 2 aliphatic rings. The molecule has 248 valence electrons. The normalized spacial score (nSPS) is 12.5. The molecular weight excluding hydrogens is 653 g/mol. The van der Waals surface area contributed by atoms with Crippen LogP contribution >= 0.6 is 0 Å². The molecule has 5 nitrogen and oxygen atoms in total. The third kappa shape index (κ3) is 4.07. The highest BCUT2D eigenvalue weighted by molar-refractivity contribution is 6.16. The van der Waals surface area contributed by atoms with Crippen molar-refractivity contribution in [2.75, 3.05) is 4.90 Å². The number of furan rings is 1. The van der Waals surface area contributed by atoms with Crippen LogP contribution in [0.1, 0.15) is 0 Å². The van der Waals surface area contributed by atoms with Crippen molar-refractivity contribution in [3.05, 3.63) is 170 Å². The molecule has 10 aromatic rings. The van der Waals surface area contributed by atoms with Crippen LogP contribution in [0.2, 0.25) is 0 Å². The van der Waals surface area contributed by atoms with E-state index in [0.717, 1.165) is 106 Å². The first-order valence-corrected chi connectivity index (χ1v) is 17.8. The van der Waals surface area contributed by atoms with Crippen LogP contribution in [-0.2, 0) is 0 Å². The summed E-state index contributed by atoms with van der Waals surface area (Å²) in [6, 6.07) is 59.5. The Morgan fingerprint density at radius 1 is 0.396 bits per heavy atom. The molecule has 2 aromatic heterocycles. The zero-order valence-electron chi connectivity index (χ0n) is 28.3. The SMILES string of the molecule is c1ccc(-c2cccc(N(c3ccc(-c4ccc5c6cccc7c6n6c5c4Oc4cccc(c4-6)O7)cc3)c3ccc4c(c3)oc3ccccc34)c2)cc1. The van der Waals surface area contributed by atoms with E-state index >= 15 is 0 Å². The van der Waals surface area contributed by atoms with Gasteiger partial charge in [-0.05, 0) is 83.4 Å². The second-order valence-electron chi connectivity index (χ2n) is 13.7. The predicted molar refractivity (Wildman–Crippen MR) is 214 cm³/mol.